The van der Waals surface area contributed by atoms with Crippen LogP contribution in [-0.4, -0.2) is 19.8 Å². The number of thiophene rings is 1. The van der Waals surface area contributed by atoms with Gasteiger partial charge in [-0.2, -0.15) is 0 Å². The van der Waals surface area contributed by atoms with Crippen LogP contribution in [0, 0.1) is 12.8 Å². The summed E-state index contributed by atoms with van der Waals surface area (Å²) < 4.78 is 5.91. The highest BCUT2D eigenvalue weighted by Gasteiger charge is 2.31. The van der Waals surface area contributed by atoms with Crippen LogP contribution < -0.4 is 5.32 Å². The first-order chi connectivity index (χ1) is 9.26. The summed E-state index contributed by atoms with van der Waals surface area (Å²) in [5, 5.41) is 5.93. The van der Waals surface area contributed by atoms with Gasteiger partial charge < -0.3 is 10.1 Å². The second-order valence-corrected chi connectivity index (χ2v) is 6.74. The van der Waals surface area contributed by atoms with Crippen molar-refractivity contribution in [3.8, 4) is 0 Å². The minimum atomic E-state index is 0.314. The molecule has 1 aliphatic carbocycles. The predicted molar refractivity (Wildman–Crippen MR) is 82.8 cm³/mol. The van der Waals surface area contributed by atoms with E-state index in [0.717, 1.165) is 6.54 Å². The second-order valence-electron chi connectivity index (χ2n) is 5.62. The van der Waals surface area contributed by atoms with Gasteiger partial charge in [0.25, 0.3) is 0 Å². The van der Waals surface area contributed by atoms with Crippen molar-refractivity contribution in [1.29, 1.82) is 0 Å². The van der Waals surface area contributed by atoms with Crippen LogP contribution in [0.5, 0.6) is 0 Å². The van der Waals surface area contributed by atoms with Gasteiger partial charge in [0.2, 0.25) is 0 Å². The van der Waals surface area contributed by atoms with Gasteiger partial charge in [0.15, 0.2) is 0 Å². The molecule has 1 aromatic heterocycles. The third-order valence-corrected chi connectivity index (χ3v) is 5.13. The summed E-state index contributed by atoms with van der Waals surface area (Å²) in [6, 6.07) is 2.66. The molecule has 0 aliphatic heterocycles. The first-order valence-corrected chi connectivity index (χ1v) is 8.45. The molecule has 1 aliphatic rings. The standard InChI is InChI=1S/C16H27NOS/c1-4-17-15(14-10-12(2)19-11-14)16(18-3)13-8-6-5-7-9-13/h10-11,13,15-17H,4-9H2,1-3H3. The summed E-state index contributed by atoms with van der Waals surface area (Å²) in [6.07, 6.45) is 7.09. The smallest absolute Gasteiger partial charge is 0.0794 e. The molecule has 2 rings (SSSR count). The van der Waals surface area contributed by atoms with Crippen LogP contribution in [0.2, 0.25) is 0 Å². The molecule has 0 saturated heterocycles. The maximum absolute atomic E-state index is 5.91. The molecule has 1 saturated carbocycles. The van der Waals surface area contributed by atoms with Crippen molar-refractivity contribution in [1.82, 2.24) is 5.32 Å². The summed E-state index contributed by atoms with van der Waals surface area (Å²) in [7, 11) is 1.88. The fourth-order valence-electron chi connectivity index (χ4n) is 3.33. The van der Waals surface area contributed by atoms with Gasteiger partial charge in [0.1, 0.15) is 0 Å². The average molecular weight is 281 g/mol. The lowest BCUT2D eigenvalue weighted by Crippen LogP contribution is -2.39. The molecule has 1 heterocycles. The van der Waals surface area contributed by atoms with Crippen LogP contribution >= 0.6 is 11.3 Å². The molecule has 0 amide bonds. The quantitative estimate of drug-likeness (QED) is 0.839. The maximum atomic E-state index is 5.91. The maximum Gasteiger partial charge on any atom is 0.0794 e. The van der Waals surface area contributed by atoms with Gasteiger partial charge in [-0.3, -0.25) is 0 Å². The Bertz CT molecular complexity index is 371. The highest BCUT2D eigenvalue weighted by molar-refractivity contribution is 7.10. The van der Waals surface area contributed by atoms with Crippen molar-refractivity contribution in [3.05, 3.63) is 21.9 Å². The number of nitrogens with one attached hydrogen (secondary N) is 1. The van der Waals surface area contributed by atoms with Gasteiger partial charge >= 0.3 is 0 Å². The van der Waals surface area contributed by atoms with Crippen LogP contribution in [0.15, 0.2) is 11.4 Å². The molecular weight excluding hydrogens is 254 g/mol. The summed E-state index contributed by atoms with van der Waals surface area (Å²) in [6.45, 7) is 5.35. The number of methoxy groups -OCH3 is 1. The van der Waals surface area contributed by atoms with Crippen molar-refractivity contribution >= 4 is 11.3 Å². The zero-order valence-electron chi connectivity index (χ0n) is 12.4. The molecule has 0 radical (unpaired) electrons. The number of hydrogen-bond donors (Lipinski definition) is 1. The monoisotopic (exact) mass is 281 g/mol. The minimum absolute atomic E-state index is 0.314. The fraction of sp³-hybridized carbons (Fsp3) is 0.750. The van der Waals surface area contributed by atoms with Gasteiger partial charge in [-0.25, -0.2) is 0 Å². The van der Waals surface area contributed by atoms with Crippen LogP contribution in [-0.2, 0) is 4.74 Å². The minimum Gasteiger partial charge on any atom is -0.379 e. The summed E-state index contributed by atoms with van der Waals surface area (Å²) >= 11 is 1.84. The van der Waals surface area contributed by atoms with E-state index in [1.54, 1.807) is 0 Å². The van der Waals surface area contributed by atoms with Crippen molar-refractivity contribution < 1.29 is 4.74 Å². The topological polar surface area (TPSA) is 21.3 Å². The third-order valence-electron chi connectivity index (χ3n) is 4.25. The average Bonchev–Trinajstić information content (AvgIpc) is 2.86. The molecule has 3 heteroatoms. The molecule has 1 aromatic rings. The van der Waals surface area contributed by atoms with E-state index in [0.29, 0.717) is 18.1 Å². The Labute approximate surface area is 121 Å². The number of rotatable bonds is 6. The van der Waals surface area contributed by atoms with Crippen LogP contribution in [0.1, 0.15) is 55.5 Å². The molecule has 19 heavy (non-hydrogen) atoms. The number of likely N-dealkylation sites (N-methyl/N-ethyl adjacent to an activating group) is 1. The normalized spacial score (nSPS) is 20.4. The van der Waals surface area contributed by atoms with Gasteiger partial charge in [0.05, 0.1) is 12.1 Å². The summed E-state index contributed by atoms with van der Waals surface area (Å²) in [5.41, 5.74) is 1.40. The Morgan fingerprint density at radius 1 is 1.37 bits per heavy atom. The van der Waals surface area contributed by atoms with Gasteiger partial charge in [-0.15, -0.1) is 11.3 Å². The molecule has 0 spiro atoms. The van der Waals surface area contributed by atoms with E-state index >= 15 is 0 Å². The lowest BCUT2D eigenvalue weighted by Gasteiger charge is -2.35. The number of ether oxygens (including phenoxy) is 1. The Kier molecular flexibility index (Phi) is 5.86. The van der Waals surface area contributed by atoms with Crippen molar-refractivity contribution in [2.45, 2.75) is 58.1 Å². The largest absolute Gasteiger partial charge is 0.379 e. The molecule has 1 fully saturated rings. The molecule has 0 bridgehead atoms. The zero-order valence-corrected chi connectivity index (χ0v) is 13.3. The summed E-state index contributed by atoms with van der Waals surface area (Å²) in [5.74, 6) is 0.711. The van der Waals surface area contributed by atoms with Crippen LogP contribution in [0.3, 0.4) is 0 Å². The molecule has 108 valence electrons. The van der Waals surface area contributed by atoms with E-state index in [2.05, 4.69) is 30.6 Å². The van der Waals surface area contributed by atoms with Crippen molar-refractivity contribution in [3.63, 3.8) is 0 Å². The van der Waals surface area contributed by atoms with Crippen molar-refractivity contribution in [2.24, 2.45) is 5.92 Å². The molecule has 2 atom stereocenters. The second kappa shape index (κ2) is 7.41. The van der Waals surface area contributed by atoms with E-state index < -0.39 is 0 Å². The molecule has 0 aromatic carbocycles. The van der Waals surface area contributed by atoms with E-state index in [9.17, 15) is 0 Å². The Morgan fingerprint density at radius 2 is 2.11 bits per heavy atom. The van der Waals surface area contributed by atoms with E-state index in [1.807, 2.05) is 18.4 Å². The molecular formula is C16H27NOS. The first kappa shape index (κ1) is 15.0. The van der Waals surface area contributed by atoms with E-state index in [4.69, 9.17) is 4.74 Å². The Hall–Kier alpha value is -0.380. The fourth-order valence-corrected chi connectivity index (χ4v) is 4.07. The zero-order chi connectivity index (χ0) is 13.7. The molecule has 2 unspecified atom stereocenters. The molecule has 2 nitrogen and oxygen atoms in total. The lowest BCUT2D eigenvalue weighted by atomic mass is 9.81. The first-order valence-electron chi connectivity index (χ1n) is 7.57. The van der Waals surface area contributed by atoms with Crippen LogP contribution in [0.25, 0.3) is 0 Å². The van der Waals surface area contributed by atoms with Crippen LogP contribution in [0.4, 0.5) is 0 Å². The van der Waals surface area contributed by atoms with Gasteiger partial charge in [-0.1, -0.05) is 26.2 Å². The number of aryl methyl sites for hydroxylation is 1. The predicted octanol–water partition coefficient (Wildman–Crippen LogP) is 4.30. The highest BCUT2D eigenvalue weighted by atomic mass is 32.1. The van der Waals surface area contributed by atoms with Gasteiger partial charge in [-0.05, 0) is 49.2 Å². The summed E-state index contributed by atoms with van der Waals surface area (Å²) in [4.78, 5) is 1.39. The molecule has 1 N–H and O–H groups in total. The third kappa shape index (κ3) is 3.80. The van der Waals surface area contributed by atoms with E-state index in [1.165, 1.54) is 42.5 Å². The lowest BCUT2D eigenvalue weighted by molar-refractivity contribution is 0.00802. The Balaban J connectivity index is 2.14. The van der Waals surface area contributed by atoms with E-state index in [-0.39, 0.29) is 0 Å². The SMILES string of the molecule is CCNC(c1csc(C)c1)C(OC)C1CCCCC1. The van der Waals surface area contributed by atoms with Crippen molar-refractivity contribution in [2.75, 3.05) is 13.7 Å². The highest BCUT2D eigenvalue weighted by Crippen LogP contribution is 2.35. The number of hydrogen-bond acceptors (Lipinski definition) is 3. The Morgan fingerprint density at radius 3 is 2.63 bits per heavy atom. The van der Waals surface area contributed by atoms with Gasteiger partial charge in [0, 0.05) is 12.0 Å².